The summed E-state index contributed by atoms with van der Waals surface area (Å²) in [5.74, 6) is 0.0856. The van der Waals surface area contributed by atoms with Crippen LogP contribution in [0.3, 0.4) is 0 Å². The maximum atomic E-state index is 13.2. The number of nitro groups is 1. The SMILES string of the molecule is O=[N+]([O-])c1ccc(F)cc1NCc1cc2ccccc2o1. The second kappa shape index (κ2) is 5.24. The van der Waals surface area contributed by atoms with Crippen LogP contribution in [0.1, 0.15) is 5.76 Å². The van der Waals surface area contributed by atoms with Crippen molar-refractivity contribution < 1.29 is 13.7 Å². The zero-order valence-electron chi connectivity index (χ0n) is 10.9. The van der Waals surface area contributed by atoms with E-state index in [4.69, 9.17) is 4.42 Å². The van der Waals surface area contributed by atoms with E-state index in [9.17, 15) is 14.5 Å². The standard InChI is InChI=1S/C15H11FN2O3/c16-11-5-6-14(18(19)20)13(8-11)17-9-12-7-10-3-1-2-4-15(10)21-12/h1-8,17H,9H2. The van der Waals surface area contributed by atoms with Crippen molar-refractivity contribution in [1.82, 2.24) is 0 Å². The fourth-order valence-corrected chi connectivity index (χ4v) is 2.12. The molecule has 3 aromatic rings. The Kier molecular flexibility index (Phi) is 3.27. The molecule has 0 fully saturated rings. The van der Waals surface area contributed by atoms with Crippen LogP contribution in [0.25, 0.3) is 11.0 Å². The summed E-state index contributed by atoms with van der Waals surface area (Å²) >= 11 is 0. The van der Waals surface area contributed by atoms with Crippen molar-refractivity contribution in [2.24, 2.45) is 0 Å². The Morgan fingerprint density at radius 1 is 1.19 bits per heavy atom. The number of fused-ring (bicyclic) bond motifs is 1. The van der Waals surface area contributed by atoms with Crippen LogP contribution >= 0.6 is 0 Å². The molecule has 0 radical (unpaired) electrons. The first-order chi connectivity index (χ1) is 10.1. The van der Waals surface area contributed by atoms with E-state index in [0.717, 1.165) is 29.2 Å². The van der Waals surface area contributed by atoms with Gasteiger partial charge in [0.25, 0.3) is 5.69 Å². The highest BCUT2D eigenvalue weighted by Crippen LogP contribution is 2.26. The van der Waals surface area contributed by atoms with Gasteiger partial charge in [0.15, 0.2) is 0 Å². The number of hydrogen-bond donors (Lipinski definition) is 1. The molecule has 106 valence electrons. The highest BCUT2D eigenvalue weighted by Gasteiger charge is 2.14. The molecular formula is C15H11FN2O3. The Morgan fingerprint density at radius 3 is 2.76 bits per heavy atom. The van der Waals surface area contributed by atoms with Gasteiger partial charge in [0.2, 0.25) is 0 Å². The topological polar surface area (TPSA) is 68.3 Å². The number of nitrogens with zero attached hydrogens (tertiary/aromatic N) is 1. The third kappa shape index (κ3) is 2.69. The highest BCUT2D eigenvalue weighted by molar-refractivity contribution is 5.77. The van der Waals surface area contributed by atoms with Gasteiger partial charge in [-0.2, -0.15) is 0 Å². The maximum Gasteiger partial charge on any atom is 0.292 e. The zero-order chi connectivity index (χ0) is 14.8. The number of anilines is 1. The first kappa shape index (κ1) is 13.1. The minimum absolute atomic E-state index is 0.125. The molecule has 0 bridgehead atoms. The third-order valence-corrected chi connectivity index (χ3v) is 3.08. The third-order valence-electron chi connectivity index (χ3n) is 3.08. The van der Waals surface area contributed by atoms with Crippen LogP contribution in [-0.4, -0.2) is 4.92 Å². The van der Waals surface area contributed by atoms with Crippen molar-refractivity contribution in [3.8, 4) is 0 Å². The summed E-state index contributed by atoms with van der Waals surface area (Å²) in [6.07, 6.45) is 0. The van der Waals surface area contributed by atoms with Crippen molar-refractivity contribution in [2.45, 2.75) is 6.54 Å². The maximum absolute atomic E-state index is 13.2. The van der Waals surface area contributed by atoms with Crippen LogP contribution in [0.4, 0.5) is 15.8 Å². The number of nitrogens with one attached hydrogen (secondary N) is 1. The Bertz CT molecular complexity index is 781. The van der Waals surface area contributed by atoms with E-state index in [0.29, 0.717) is 5.76 Å². The van der Waals surface area contributed by atoms with E-state index < -0.39 is 10.7 Å². The summed E-state index contributed by atoms with van der Waals surface area (Å²) in [7, 11) is 0. The van der Waals surface area contributed by atoms with Gasteiger partial charge in [0.05, 0.1) is 11.5 Å². The van der Waals surface area contributed by atoms with E-state index in [1.807, 2.05) is 30.3 Å². The molecule has 2 aromatic carbocycles. The van der Waals surface area contributed by atoms with Gasteiger partial charge in [-0.25, -0.2) is 4.39 Å². The minimum Gasteiger partial charge on any atom is -0.459 e. The molecule has 0 aliphatic heterocycles. The van der Waals surface area contributed by atoms with Gasteiger partial charge in [-0.05, 0) is 18.2 Å². The second-order valence-corrected chi connectivity index (χ2v) is 4.52. The lowest BCUT2D eigenvalue weighted by molar-refractivity contribution is -0.384. The zero-order valence-corrected chi connectivity index (χ0v) is 10.9. The number of nitro benzene ring substituents is 1. The molecule has 0 atom stereocenters. The normalized spacial score (nSPS) is 10.7. The lowest BCUT2D eigenvalue weighted by Crippen LogP contribution is -2.02. The van der Waals surface area contributed by atoms with Crippen LogP contribution in [0, 0.1) is 15.9 Å². The van der Waals surface area contributed by atoms with Gasteiger partial charge >= 0.3 is 0 Å². The smallest absolute Gasteiger partial charge is 0.292 e. The highest BCUT2D eigenvalue weighted by atomic mass is 19.1. The average Bonchev–Trinajstić information content (AvgIpc) is 2.87. The van der Waals surface area contributed by atoms with Gasteiger partial charge in [-0.1, -0.05) is 18.2 Å². The van der Waals surface area contributed by atoms with Crippen molar-refractivity contribution in [1.29, 1.82) is 0 Å². The molecule has 0 spiro atoms. The lowest BCUT2D eigenvalue weighted by Gasteiger charge is -2.05. The molecule has 0 saturated carbocycles. The van der Waals surface area contributed by atoms with Crippen LogP contribution in [0.2, 0.25) is 0 Å². The molecule has 1 aromatic heterocycles. The quantitative estimate of drug-likeness (QED) is 0.579. The summed E-state index contributed by atoms with van der Waals surface area (Å²) in [4.78, 5) is 10.3. The number of para-hydroxylation sites is 1. The number of furan rings is 1. The molecule has 3 rings (SSSR count). The van der Waals surface area contributed by atoms with E-state index >= 15 is 0 Å². The summed E-state index contributed by atoms with van der Waals surface area (Å²) in [6, 6.07) is 12.6. The first-order valence-corrected chi connectivity index (χ1v) is 6.29. The molecule has 21 heavy (non-hydrogen) atoms. The van der Waals surface area contributed by atoms with Crippen molar-refractivity contribution in [3.63, 3.8) is 0 Å². The van der Waals surface area contributed by atoms with Crippen LogP contribution < -0.4 is 5.32 Å². The van der Waals surface area contributed by atoms with Crippen LogP contribution in [0.15, 0.2) is 52.9 Å². The van der Waals surface area contributed by atoms with E-state index in [1.54, 1.807) is 0 Å². The molecule has 0 amide bonds. The van der Waals surface area contributed by atoms with Crippen molar-refractivity contribution in [3.05, 3.63) is 70.2 Å². The van der Waals surface area contributed by atoms with Crippen molar-refractivity contribution in [2.75, 3.05) is 5.32 Å². The van der Waals surface area contributed by atoms with Gasteiger partial charge in [0.1, 0.15) is 22.8 Å². The molecule has 0 unspecified atom stereocenters. The van der Waals surface area contributed by atoms with Crippen molar-refractivity contribution >= 4 is 22.3 Å². The number of rotatable bonds is 4. The van der Waals surface area contributed by atoms with Gasteiger partial charge in [0, 0.05) is 17.5 Å². The molecular weight excluding hydrogens is 275 g/mol. The molecule has 5 nitrogen and oxygen atoms in total. The van der Waals surface area contributed by atoms with E-state index in [-0.39, 0.29) is 17.9 Å². The fraction of sp³-hybridized carbons (Fsp3) is 0.0667. The summed E-state index contributed by atoms with van der Waals surface area (Å²) < 4.78 is 18.8. The first-order valence-electron chi connectivity index (χ1n) is 6.29. The molecule has 0 aliphatic rings. The molecule has 6 heteroatoms. The molecule has 0 saturated heterocycles. The Balaban J connectivity index is 1.84. The Hall–Kier alpha value is -2.89. The molecule has 0 aliphatic carbocycles. The Labute approximate surface area is 119 Å². The van der Waals surface area contributed by atoms with Crippen LogP contribution in [0.5, 0.6) is 0 Å². The average molecular weight is 286 g/mol. The van der Waals surface area contributed by atoms with Gasteiger partial charge in [-0.15, -0.1) is 0 Å². The minimum atomic E-state index is -0.555. The summed E-state index contributed by atoms with van der Waals surface area (Å²) in [6.45, 7) is 0.235. The van der Waals surface area contributed by atoms with Gasteiger partial charge < -0.3 is 9.73 Å². The van der Waals surface area contributed by atoms with Gasteiger partial charge in [-0.3, -0.25) is 10.1 Å². The lowest BCUT2D eigenvalue weighted by atomic mass is 10.2. The Morgan fingerprint density at radius 2 is 2.00 bits per heavy atom. The number of hydrogen-bond acceptors (Lipinski definition) is 4. The number of benzene rings is 2. The fourth-order valence-electron chi connectivity index (χ4n) is 2.12. The monoisotopic (exact) mass is 286 g/mol. The summed E-state index contributed by atoms with van der Waals surface area (Å²) in [5, 5.41) is 14.7. The van der Waals surface area contributed by atoms with Crippen LogP contribution in [-0.2, 0) is 6.54 Å². The second-order valence-electron chi connectivity index (χ2n) is 4.52. The molecule has 1 heterocycles. The van der Waals surface area contributed by atoms with E-state index in [2.05, 4.69) is 5.32 Å². The summed E-state index contributed by atoms with van der Waals surface area (Å²) in [5.41, 5.74) is 0.691. The number of halogens is 1. The molecule has 1 N–H and O–H groups in total. The largest absolute Gasteiger partial charge is 0.459 e. The van der Waals surface area contributed by atoms with E-state index in [1.165, 1.54) is 0 Å². The predicted molar refractivity (Wildman–Crippen MR) is 76.6 cm³/mol. The predicted octanol–water partition coefficient (Wildman–Crippen LogP) is 4.09.